The van der Waals surface area contributed by atoms with Crippen molar-refractivity contribution in [2.45, 2.75) is 66.4 Å². The van der Waals surface area contributed by atoms with Gasteiger partial charge in [0.25, 0.3) is 5.91 Å². The molecule has 0 bridgehead atoms. The summed E-state index contributed by atoms with van der Waals surface area (Å²) in [4.78, 5) is 12.7. The minimum absolute atomic E-state index is 0.0873. The standard InChI is InChI=1S/C19H31NO3/c1-7-10-19(6,23-11-8-2)18(21)20-16-12-14(4)17(22-9-3)15(5)13-16/h12-13H,7-11H2,1-6H3,(H,20,21). The summed E-state index contributed by atoms with van der Waals surface area (Å²) >= 11 is 0. The normalized spacial score (nSPS) is 13.5. The van der Waals surface area contributed by atoms with Gasteiger partial charge in [-0.25, -0.2) is 0 Å². The molecule has 0 saturated carbocycles. The lowest BCUT2D eigenvalue weighted by Gasteiger charge is -2.28. The molecule has 0 heterocycles. The van der Waals surface area contributed by atoms with E-state index in [0.29, 0.717) is 19.6 Å². The third kappa shape index (κ3) is 5.24. The van der Waals surface area contributed by atoms with Crippen LogP contribution in [0.2, 0.25) is 0 Å². The van der Waals surface area contributed by atoms with Crippen LogP contribution in [-0.4, -0.2) is 24.7 Å². The first-order valence-electron chi connectivity index (χ1n) is 8.57. The predicted octanol–water partition coefficient (Wildman–Crippen LogP) is 4.63. The molecule has 0 aliphatic rings. The van der Waals surface area contributed by atoms with Gasteiger partial charge in [0.05, 0.1) is 6.61 Å². The molecule has 0 aliphatic carbocycles. The first-order chi connectivity index (χ1) is 10.9. The number of ether oxygens (including phenoxy) is 2. The van der Waals surface area contributed by atoms with Gasteiger partial charge in [0.1, 0.15) is 11.4 Å². The first kappa shape index (κ1) is 19.5. The van der Waals surface area contributed by atoms with E-state index in [-0.39, 0.29) is 5.91 Å². The van der Waals surface area contributed by atoms with Crippen LogP contribution in [-0.2, 0) is 9.53 Å². The second-order valence-corrected chi connectivity index (χ2v) is 6.16. The summed E-state index contributed by atoms with van der Waals surface area (Å²) in [6, 6.07) is 3.89. The Labute approximate surface area is 140 Å². The SMILES string of the molecule is CCCOC(C)(CCC)C(=O)Nc1cc(C)c(OCC)c(C)c1. The van der Waals surface area contributed by atoms with Crippen molar-refractivity contribution in [3.05, 3.63) is 23.3 Å². The van der Waals surface area contributed by atoms with Crippen molar-refractivity contribution >= 4 is 11.6 Å². The van der Waals surface area contributed by atoms with Crippen molar-refractivity contribution in [3.8, 4) is 5.75 Å². The molecule has 0 aromatic heterocycles. The zero-order valence-corrected chi connectivity index (χ0v) is 15.4. The molecule has 23 heavy (non-hydrogen) atoms. The van der Waals surface area contributed by atoms with Gasteiger partial charge in [-0.3, -0.25) is 4.79 Å². The summed E-state index contributed by atoms with van der Waals surface area (Å²) in [5, 5.41) is 3.01. The highest BCUT2D eigenvalue weighted by Gasteiger charge is 2.33. The third-order valence-corrected chi connectivity index (χ3v) is 3.84. The van der Waals surface area contributed by atoms with Gasteiger partial charge >= 0.3 is 0 Å². The lowest BCUT2D eigenvalue weighted by atomic mass is 9.98. The van der Waals surface area contributed by atoms with Crippen molar-refractivity contribution in [2.24, 2.45) is 0 Å². The monoisotopic (exact) mass is 321 g/mol. The molecule has 4 nitrogen and oxygen atoms in total. The molecule has 0 aliphatic heterocycles. The zero-order valence-electron chi connectivity index (χ0n) is 15.4. The highest BCUT2D eigenvalue weighted by molar-refractivity contribution is 5.97. The van der Waals surface area contributed by atoms with Crippen LogP contribution < -0.4 is 10.1 Å². The Morgan fingerprint density at radius 3 is 2.22 bits per heavy atom. The van der Waals surface area contributed by atoms with E-state index >= 15 is 0 Å². The summed E-state index contributed by atoms with van der Waals surface area (Å²) in [5.74, 6) is 0.805. The predicted molar refractivity (Wildman–Crippen MR) is 95.3 cm³/mol. The van der Waals surface area contributed by atoms with Gasteiger partial charge in [-0.1, -0.05) is 20.3 Å². The maximum Gasteiger partial charge on any atom is 0.256 e. The van der Waals surface area contributed by atoms with Crippen LogP contribution in [0, 0.1) is 13.8 Å². The van der Waals surface area contributed by atoms with Crippen molar-refractivity contribution in [3.63, 3.8) is 0 Å². The van der Waals surface area contributed by atoms with E-state index in [4.69, 9.17) is 9.47 Å². The molecular formula is C19H31NO3. The Hall–Kier alpha value is -1.55. The van der Waals surface area contributed by atoms with Gasteiger partial charge in [-0.05, 0) is 63.8 Å². The maximum absolute atomic E-state index is 12.7. The van der Waals surface area contributed by atoms with E-state index in [9.17, 15) is 4.79 Å². The van der Waals surface area contributed by atoms with Gasteiger partial charge < -0.3 is 14.8 Å². The molecule has 1 atom stereocenters. The molecule has 1 aromatic carbocycles. The molecule has 1 aromatic rings. The minimum atomic E-state index is -0.787. The van der Waals surface area contributed by atoms with Crippen molar-refractivity contribution in [1.29, 1.82) is 0 Å². The lowest BCUT2D eigenvalue weighted by Crippen LogP contribution is -2.43. The summed E-state index contributed by atoms with van der Waals surface area (Å²) in [5.41, 5.74) is 2.05. The van der Waals surface area contributed by atoms with Gasteiger partial charge in [-0.15, -0.1) is 0 Å². The first-order valence-corrected chi connectivity index (χ1v) is 8.57. The van der Waals surface area contributed by atoms with Crippen LogP contribution in [0.25, 0.3) is 0 Å². The smallest absolute Gasteiger partial charge is 0.256 e. The minimum Gasteiger partial charge on any atom is -0.493 e. The molecule has 1 N–H and O–H groups in total. The van der Waals surface area contributed by atoms with Crippen molar-refractivity contribution in [2.75, 3.05) is 18.5 Å². The fourth-order valence-corrected chi connectivity index (χ4v) is 2.71. The quantitative estimate of drug-likeness (QED) is 0.721. The number of benzene rings is 1. The maximum atomic E-state index is 12.7. The number of amides is 1. The molecule has 4 heteroatoms. The van der Waals surface area contributed by atoms with Gasteiger partial charge in [0.15, 0.2) is 0 Å². The zero-order chi connectivity index (χ0) is 17.5. The highest BCUT2D eigenvalue weighted by Crippen LogP contribution is 2.28. The number of hydrogen-bond acceptors (Lipinski definition) is 3. The third-order valence-electron chi connectivity index (χ3n) is 3.84. The second kappa shape index (κ2) is 8.92. The van der Waals surface area contributed by atoms with E-state index in [1.165, 1.54) is 0 Å². The van der Waals surface area contributed by atoms with Crippen LogP contribution in [0.1, 0.15) is 58.1 Å². The Kier molecular flexibility index (Phi) is 7.56. The van der Waals surface area contributed by atoms with Crippen molar-refractivity contribution < 1.29 is 14.3 Å². The van der Waals surface area contributed by atoms with E-state index in [2.05, 4.69) is 12.2 Å². The Morgan fingerprint density at radius 2 is 1.74 bits per heavy atom. The Balaban J connectivity index is 2.94. The van der Waals surface area contributed by atoms with E-state index in [1.54, 1.807) is 0 Å². The molecule has 0 fully saturated rings. The number of hydrogen-bond donors (Lipinski definition) is 1. The van der Waals surface area contributed by atoms with Crippen LogP contribution in [0.3, 0.4) is 0 Å². The van der Waals surface area contributed by atoms with Crippen LogP contribution in [0.15, 0.2) is 12.1 Å². The number of nitrogens with one attached hydrogen (secondary N) is 1. The number of aryl methyl sites for hydroxylation is 2. The van der Waals surface area contributed by atoms with E-state index in [1.807, 2.05) is 46.8 Å². The molecule has 1 rings (SSSR count). The summed E-state index contributed by atoms with van der Waals surface area (Å²) in [6.45, 7) is 13.2. The summed E-state index contributed by atoms with van der Waals surface area (Å²) < 4.78 is 11.5. The molecule has 1 unspecified atom stereocenters. The molecule has 0 radical (unpaired) electrons. The molecule has 130 valence electrons. The number of anilines is 1. The fourth-order valence-electron chi connectivity index (χ4n) is 2.71. The topological polar surface area (TPSA) is 47.6 Å². The second-order valence-electron chi connectivity index (χ2n) is 6.16. The molecule has 0 saturated heterocycles. The van der Waals surface area contributed by atoms with Crippen LogP contribution >= 0.6 is 0 Å². The number of carbonyl (C=O) groups excluding carboxylic acids is 1. The average Bonchev–Trinajstić information content (AvgIpc) is 2.49. The Morgan fingerprint density at radius 1 is 1.13 bits per heavy atom. The average molecular weight is 321 g/mol. The van der Waals surface area contributed by atoms with E-state index < -0.39 is 5.60 Å². The number of rotatable bonds is 9. The summed E-state index contributed by atoms with van der Waals surface area (Å²) in [6.07, 6.45) is 2.50. The fraction of sp³-hybridized carbons (Fsp3) is 0.632. The van der Waals surface area contributed by atoms with Crippen molar-refractivity contribution in [1.82, 2.24) is 0 Å². The van der Waals surface area contributed by atoms with E-state index in [0.717, 1.165) is 35.4 Å². The number of carbonyl (C=O) groups is 1. The van der Waals surface area contributed by atoms with Gasteiger partial charge in [0.2, 0.25) is 0 Å². The largest absolute Gasteiger partial charge is 0.493 e. The van der Waals surface area contributed by atoms with Gasteiger partial charge in [0, 0.05) is 12.3 Å². The highest BCUT2D eigenvalue weighted by atomic mass is 16.5. The lowest BCUT2D eigenvalue weighted by molar-refractivity contribution is -0.140. The molecular weight excluding hydrogens is 290 g/mol. The molecule has 1 amide bonds. The van der Waals surface area contributed by atoms with Crippen LogP contribution in [0.4, 0.5) is 5.69 Å². The summed E-state index contributed by atoms with van der Waals surface area (Å²) in [7, 11) is 0. The van der Waals surface area contributed by atoms with Crippen LogP contribution in [0.5, 0.6) is 5.75 Å². The molecule has 0 spiro atoms. The Bertz CT molecular complexity index is 504. The van der Waals surface area contributed by atoms with Gasteiger partial charge in [-0.2, -0.15) is 0 Å².